The molecule has 0 atom stereocenters. The summed E-state index contributed by atoms with van der Waals surface area (Å²) in [6.07, 6.45) is 2.62. The van der Waals surface area contributed by atoms with Crippen molar-refractivity contribution in [1.29, 1.82) is 0 Å². The highest BCUT2D eigenvalue weighted by atomic mass is 16.4. The van der Waals surface area contributed by atoms with Gasteiger partial charge < -0.3 is 15.3 Å². The summed E-state index contributed by atoms with van der Waals surface area (Å²) in [5.74, 6) is -0.221. The van der Waals surface area contributed by atoms with Crippen LogP contribution in [0.15, 0.2) is 12.1 Å². The first-order chi connectivity index (χ1) is 9.58. The lowest BCUT2D eigenvalue weighted by Gasteiger charge is -2.15. The summed E-state index contributed by atoms with van der Waals surface area (Å²) in [4.78, 5) is 28.8. The minimum atomic E-state index is -0.981. The molecule has 1 aliphatic heterocycles. The molecule has 0 aromatic carbocycles. The number of hydrogen-bond donors (Lipinski definition) is 2. The van der Waals surface area contributed by atoms with Gasteiger partial charge in [0.25, 0.3) is 0 Å². The Balaban J connectivity index is 1.83. The van der Waals surface area contributed by atoms with Crippen molar-refractivity contribution in [1.82, 2.24) is 9.88 Å². The first kappa shape index (κ1) is 14.3. The minimum Gasteiger partial charge on any atom is -0.478 e. The monoisotopic (exact) mass is 277 g/mol. The van der Waals surface area contributed by atoms with Crippen molar-refractivity contribution in [2.45, 2.75) is 26.2 Å². The van der Waals surface area contributed by atoms with Gasteiger partial charge in [0.05, 0.1) is 11.3 Å². The van der Waals surface area contributed by atoms with E-state index in [1.165, 1.54) is 6.07 Å². The van der Waals surface area contributed by atoms with Gasteiger partial charge in [-0.1, -0.05) is 0 Å². The van der Waals surface area contributed by atoms with Gasteiger partial charge in [-0.3, -0.25) is 4.79 Å². The molecular formula is C14H19N3O3. The molecule has 20 heavy (non-hydrogen) atoms. The fourth-order valence-corrected chi connectivity index (χ4v) is 2.31. The molecule has 1 aromatic rings. The Morgan fingerprint density at radius 3 is 2.65 bits per heavy atom. The lowest BCUT2D eigenvalue weighted by molar-refractivity contribution is -0.129. The largest absolute Gasteiger partial charge is 0.478 e. The number of aromatic nitrogens is 1. The summed E-state index contributed by atoms with van der Waals surface area (Å²) in [6.45, 7) is 3.89. The summed E-state index contributed by atoms with van der Waals surface area (Å²) < 4.78 is 0. The van der Waals surface area contributed by atoms with Crippen LogP contribution in [-0.4, -0.2) is 46.5 Å². The number of carboxylic acids is 1. The lowest BCUT2D eigenvalue weighted by Crippen LogP contribution is -2.29. The zero-order chi connectivity index (χ0) is 14.5. The molecule has 1 amide bonds. The standard InChI is InChI=1S/C14H19N3O3/c1-10-11(14(19)20)4-5-12(16-10)15-7-6-13(18)17-8-2-3-9-17/h4-5H,2-3,6-9H2,1H3,(H,15,16)(H,19,20). The molecule has 0 spiro atoms. The van der Waals surface area contributed by atoms with E-state index < -0.39 is 5.97 Å². The molecule has 2 N–H and O–H groups in total. The fourth-order valence-electron chi connectivity index (χ4n) is 2.31. The van der Waals surface area contributed by atoms with Gasteiger partial charge in [-0.25, -0.2) is 9.78 Å². The van der Waals surface area contributed by atoms with E-state index in [1.807, 2.05) is 4.90 Å². The Morgan fingerprint density at radius 2 is 2.05 bits per heavy atom. The molecule has 6 heteroatoms. The van der Waals surface area contributed by atoms with E-state index in [9.17, 15) is 9.59 Å². The van der Waals surface area contributed by atoms with Gasteiger partial charge in [0.15, 0.2) is 0 Å². The maximum Gasteiger partial charge on any atom is 0.337 e. The molecule has 1 fully saturated rings. The highest BCUT2D eigenvalue weighted by molar-refractivity contribution is 5.89. The van der Waals surface area contributed by atoms with Gasteiger partial charge in [0.1, 0.15) is 5.82 Å². The number of likely N-dealkylation sites (tertiary alicyclic amines) is 1. The van der Waals surface area contributed by atoms with Crippen LogP contribution >= 0.6 is 0 Å². The van der Waals surface area contributed by atoms with Crippen LogP contribution in [0.1, 0.15) is 35.3 Å². The molecule has 0 aliphatic carbocycles. The zero-order valence-electron chi connectivity index (χ0n) is 11.6. The van der Waals surface area contributed by atoms with E-state index in [0.717, 1.165) is 25.9 Å². The fraction of sp³-hybridized carbons (Fsp3) is 0.500. The Kier molecular flexibility index (Phi) is 4.55. The Bertz CT molecular complexity index is 510. The van der Waals surface area contributed by atoms with Crippen molar-refractivity contribution >= 4 is 17.7 Å². The van der Waals surface area contributed by atoms with Crippen LogP contribution in [0, 0.1) is 6.92 Å². The molecule has 2 rings (SSSR count). The molecule has 1 aromatic heterocycles. The first-order valence-electron chi connectivity index (χ1n) is 6.80. The van der Waals surface area contributed by atoms with Crippen LogP contribution in [0.4, 0.5) is 5.82 Å². The summed E-state index contributed by atoms with van der Waals surface area (Å²) >= 11 is 0. The second-order valence-corrected chi connectivity index (χ2v) is 4.90. The van der Waals surface area contributed by atoms with Crippen LogP contribution in [0.3, 0.4) is 0 Å². The number of carbonyl (C=O) groups excluding carboxylic acids is 1. The minimum absolute atomic E-state index is 0.161. The normalized spacial score (nSPS) is 14.3. The van der Waals surface area contributed by atoms with Crippen molar-refractivity contribution in [2.75, 3.05) is 25.0 Å². The van der Waals surface area contributed by atoms with Gasteiger partial charge in [0, 0.05) is 26.1 Å². The molecule has 0 saturated carbocycles. The smallest absolute Gasteiger partial charge is 0.337 e. The van der Waals surface area contributed by atoms with Crippen LogP contribution in [-0.2, 0) is 4.79 Å². The molecular weight excluding hydrogens is 258 g/mol. The highest BCUT2D eigenvalue weighted by Crippen LogP contribution is 2.12. The number of carbonyl (C=O) groups is 2. The Morgan fingerprint density at radius 1 is 1.35 bits per heavy atom. The van der Waals surface area contributed by atoms with Crippen molar-refractivity contribution < 1.29 is 14.7 Å². The van der Waals surface area contributed by atoms with Crippen LogP contribution in [0.5, 0.6) is 0 Å². The van der Waals surface area contributed by atoms with Gasteiger partial charge in [-0.15, -0.1) is 0 Å². The molecule has 0 unspecified atom stereocenters. The maximum absolute atomic E-state index is 11.8. The maximum atomic E-state index is 11.8. The SMILES string of the molecule is Cc1nc(NCCC(=O)N2CCCC2)ccc1C(=O)O. The summed E-state index contributed by atoms with van der Waals surface area (Å²) in [5, 5.41) is 12.0. The number of rotatable bonds is 5. The third-order valence-electron chi connectivity index (χ3n) is 3.42. The number of aromatic carboxylic acids is 1. The van der Waals surface area contributed by atoms with Gasteiger partial charge in [0.2, 0.25) is 5.91 Å². The molecule has 1 aliphatic rings. The first-order valence-corrected chi connectivity index (χ1v) is 6.80. The quantitative estimate of drug-likeness (QED) is 0.852. The summed E-state index contributed by atoms with van der Waals surface area (Å²) in [7, 11) is 0. The van der Waals surface area contributed by atoms with E-state index in [4.69, 9.17) is 5.11 Å². The molecule has 1 saturated heterocycles. The molecule has 0 bridgehead atoms. The predicted octanol–water partition coefficient (Wildman–Crippen LogP) is 1.51. The highest BCUT2D eigenvalue weighted by Gasteiger charge is 2.17. The average Bonchev–Trinajstić information content (AvgIpc) is 2.92. The molecule has 2 heterocycles. The van der Waals surface area contributed by atoms with E-state index in [2.05, 4.69) is 10.3 Å². The number of aryl methyl sites for hydroxylation is 1. The van der Waals surface area contributed by atoms with Crippen molar-refractivity contribution in [3.63, 3.8) is 0 Å². The zero-order valence-corrected chi connectivity index (χ0v) is 11.6. The number of carboxylic acid groups (broad SMARTS) is 1. The second kappa shape index (κ2) is 6.36. The van der Waals surface area contributed by atoms with E-state index in [0.29, 0.717) is 24.5 Å². The summed E-state index contributed by atoms with van der Waals surface area (Å²) in [6, 6.07) is 3.14. The van der Waals surface area contributed by atoms with Gasteiger partial charge in [-0.05, 0) is 31.9 Å². The number of nitrogens with zero attached hydrogens (tertiary/aromatic N) is 2. The third-order valence-corrected chi connectivity index (χ3v) is 3.42. The van der Waals surface area contributed by atoms with E-state index >= 15 is 0 Å². The van der Waals surface area contributed by atoms with Crippen molar-refractivity contribution in [3.05, 3.63) is 23.4 Å². The lowest BCUT2D eigenvalue weighted by atomic mass is 10.2. The Hall–Kier alpha value is -2.11. The number of pyridine rings is 1. The predicted molar refractivity (Wildman–Crippen MR) is 74.9 cm³/mol. The van der Waals surface area contributed by atoms with Crippen LogP contribution < -0.4 is 5.32 Å². The van der Waals surface area contributed by atoms with E-state index in [-0.39, 0.29) is 11.5 Å². The van der Waals surface area contributed by atoms with E-state index in [1.54, 1.807) is 13.0 Å². The average molecular weight is 277 g/mol. The van der Waals surface area contributed by atoms with Crippen LogP contribution in [0.25, 0.3) is 0 Å². The van der Waals surface area contributed by atoms with Crippen LogP contribution in [0.2, 0.25) is 0 Å². The topological polar surface area (TPSA) is 82.5 Å². The third kappa shape index (κ3) is 3.46. The summed E-state index contributed by atoms with van der Waals surface area (Å²) in [5.41, 5.74) is 0.664. The second-order valence-electron chi connectivity index (χ2n) is 4.90. The number of hydrogen-bond acceptors (Lipinski definition) is 4. The van der Waals surface area contributed by atoms with Crippen molar-refractivity contribution in [2.24, 2.45) is 0 Å². The molecule has 0 radical (unpaired) electrons. The number of nitrogens with one attached hydrogen (secondary N) is 1. The number of amides is 1. The van der Waals surface area contributed by atoms with Crippen molar-refractivity contribution in [3.8, 4) is 0 Å². The van der Waals surface area contributed by atoms with Gasteiger partial charge >= 0.3 is 5.97 Å². The van der Waals surface area contributed by atoms with Gasteiger partial charge in [-0.2, -0.15) is 0 Å². The number of anilines is 1. The molecule has 108 valence electrons. The Labute approximate surface area is 117 Å². The molecule has 6 nitrogen and oxygen atoms in total.